The van der Waals surface area contributed by atoms with Gasteiger partial charge < -0.3 is 14.2 Å². The lowest BCUT2D eigenvalue weighted by molar-refractivity contribution is -0.139. The fraction of sp³-hybridized carbons (Fsp3) is 0.276. The van der Waals surface area contributed by atoms with Crippen LogP contribution in [0.15, 0.2) is 75.7 Å². The van der Waals surface area contributed by atoms with Gasteiger partial charge in [-0.25, -0.2) is 9.79 Å². The van der Waals surface area contributed by atoms with E-state index in [0.717, 1.165) is 17.5 Å². The third kappa shape index (κ3) is 5.75. The molecule has 0 amide bonds. The Labute approximate surface area is 219 Å². The maximum atomic E-state index is 13.7. The van der Waals surface area contributed by atoms with Crippen LogP contribution in [0, 0.1) is 0 Å². The largest absolute Gasteiger partial charge is 0.493 e. The molecule has 192 valence electrons. The van der Waals surface area contributed by atoms with E-state index < -0.39 is 12.0 Å². The SMILES string of the molecule is CCCOc1ccc(/C=c2\sc3n(c2=O)C(/C=C/c2ccccc2)C(C(=O)OCC)=C(C)N=3)cc1OC. The zero-order chi connectivity index (χ0) is 26.4. The summed E-state index contributed by atoms with van der Waals surface area (Å²) in [6.07, 6.45) is 6.44. The minimum atomic E-state index is -0.642. The molecule has 2 heterocycles. The first-order valence-electron chi connectivity index (χ1n) is 12.2. The van der Waals surface area contributed by atoms with Gasteiger partial charge in [0.15, 0.2) is 16.3 Å². The Morgan fingerprint density at radius 2 is 1.89 bits per heavy atom. The summed E-state index contributed by atoms with van der Waals surface area (Å²) >= 11 is 1.28. The summed E-state index contributed by atoms with van der Waals surface area (Å²) in [5.41, 5.74) is 2.41. The number of allylic oxidation sites excluding steroid dienone is 2. The smallest absolute Gasteiger partial charge is 0.338 e. The van der Waals surface area contributed by atoms with Crippen molar-refractivity contribution in [1.82, 2.24) is 4.57 Å². The van der Waals surface area contributed by atoms with Crippen molar-refractivity contribution in [2.24, 2.45) is 4.99 Å². The Morgan fingerprint density at radius 1 is 1.11 bits per heavy atom. The van der Waals surface area contributed by atoms with Gasteiger partial charge in [-0.3, -0.25) is 9.36 Å². The second-order valence-corrected chi connectivity index (χ2v) is 9.38. The highest BCUT2D eigenvalue weighted by molar-refractivity contribution is 7.07. The minimum absolute atomic E-state index is 0.231. The summed E-state index contributed by atoms with van der Waals surface area (Å²) in [7, 11) is 1.59. The van der Waals surface area contributed by atoms with Gasteiger partial charge in [0.25, 0.3) is 5.56 Å². The summed E-state index contributed by atoms with van der Waals surface area (Å²) in [5, 5.41) is 0. The van der Waals surface area contributed by atoms with Gasteiger partial charge in [-0.15, -0.1) is 0 Å². The first-order chi connectivity index (χ1) is 18.0. The Hall–Kier alpha value is -3.91. The molecule has 3 aromatic rings. The van der Waals surface area contributed by atoms with E-state index in [1.165, 1.54) is 11.3 Å². The Kier molecular flexibility index (Phi) is 8.40. The molecule has 37 heavy (non-hydrogen) atoms. The number of thiazole rings is 1. The molecule has 1 unspecified atom stereocenters. The average molecular weight is 519 g/mol. The second-order valence-electron chi connectivity index (χ2n) is 8.37. The molecule has 1 aliphatic heterocycles. The van der Waals surface area contributed by atoms with Crippen LogP contribution in [0.4, 0.5) is 0 Å². The minimum Gasteiger partial charge on any atom is -0.493 e. The van der Waals surface area contributed by atoms with Crippen molar-refractivity contribution < 1.29 is 19.0 Å². The number of methoxy groups -OCH3 is 1. The third-order valence-electron chi connectivity index (χ3n) is 5.78. The maximum Gasteiger partial charge on any atom is 0.338 e. The molecule has 0 bridgehead atoms. The summed E-state index contributed by atoms with van der Waals surface area (Å²) in [5.74, 6) is 0.774. The molecule has 8 heteroatoms. The van der Waals surface area contributed by atoms with Gasteiger partial charge >= 0.3 is 5.97 Å². The molecule has 2 aromatic carbocycles. The number of rotatable bonds is 9. The number of benzene rings is 2. The van der Waals surface area contributed by atoms with Crippen LogP contribution in [-0.2, 0) is 9.53 Å². The molecule has 0 fully saturated rings. The van der Waals surface area contributed by atoms with Crippen molar-refractivity contribution in [3.8, 4) is 11.5 Å². The normalized spacial score (nSPS) is 15.5. The zero-order valence-electron chi connectivity index (χ0n) is 21.4. The molecular formula is C29H30N2O5S. The molecule has 0 radical (unpaired) electrons. The highest BCUT2D eigenvalue weighted by Gasteiger charge is 2.30. The highest BCUT2D eigenvalue weighted by Crippen LogP contribution is 2.29. The maximum absolute atomic E-state index is 13.7. The van der Waals surface area contributed by atoms with E-state index in [-0.39, 0.29) is 12.2 Å². The highest BCUT2D eigenvalue weighted by atomic mass is 32.1. The summed E-state index contributed by atoms with van der Waals surface area (Å²) < 4.78 is 18.6. The summed E-state index contributed by atoms with van der Waals surface area (Å²) in [4.78, 5) is 31.7. The van der Waals surface area contributed by atoms with E-state index in [1.807, 2.05) is 67.6 Å². The predicted molar refractivity (Wildman–Crippen MR) is 146 cm³/mol. The van der Waals surface area contributed by atoms with Crippen LogP contribution >= 0.6 is 11.3 Å². The number of carbonyl (C=O) groups excluding carboxylic acids is 1. The topological polar surface area (TPSA) is 79.1 Å². The number of hydrogen-bond acceptors (Lipinski definition) is 7. The Morgan fingerprint density at radius 3 is 2.59 bits per heavy atom. The van der Waals surface area contributed by atoms with Crippen LogP contribution in [-0.4, -0.2) is 30.9 Å². The van der Waals surface area contributed by atoms with Gasteiger partial charge in [-0.1, -0.05) is 66.8 Å². The number of nitrogens with zero attached hydrogens (tertiary/aromatic N) is 2. The molecule has 0 aliphatic carbocycles. The lowest BCUT2D eigenvalue weighted by Crippen LogP contribution is -2.38. The quantitative estimate of drug-likeness (QED) is 0.396. The van der Waals surface area contributed by atoms with Crippen molar-refractivity contribution in [1.29, 1.82) is 0 Å². The Balaban J connectivity index is 1.81. The molecule has 0 spiro atoms. The lowest BCUT2D eigenvalue weighted by atomic mass is 10.0. The fourth-order valence-electron chi connectivity index (χ4n) is 4.04. The van der Waals surface area contributed by atoms with Crippen LogP contribution in [0.25, 0.3) is 12.2 Å². The molecule has 1 aliphatic rings. The first kappa shape index (κ1) is 26.2. The van der Waals surface area contributed by atoms with E-state index in [2.05, 4.69) is 4.99 Å². The van der Waals surface area contributed by atoms with Crippen LogP contribution in [0.5, 0.6) is 11.5 Å². The van der Waals surface area contributed by atoms with Gasteiger partial charge in [0.2, 0.25) is 0 Å². The standard InChI is InChI=1S/C29H30N2O5S/c1-5-16-36-23-15-13-21(17-24(23)34-4)18-25-27(32)31-22(14-12-20-10-8-7-9-11-20)26(28(33)35-6-2)19(3)30-29(31)37-25/h7-15,17-18,22H,5-6,16H2,1-4H3/b14-12+,25-18-. The predicted octanol–water partition coefficient (Wildman–Crippen LogP) is 4.26. The van der Waals surface area contributed by atoms with Crippen molar-refractivity contribution in [2.75, 3.05) is 20.3 Å². The third-order valence-corrected chi connectivity index (χ3v) is 6.76. The number of carbonyl (C=O) groups is 1. The molecule has 0 saturated carbocycles. The molecule has 0 saturated heterocycles. The van der Waals surface area contributed by atoms with Crippen molar-refractivity contribution in [2.45, 2.75) is 33.2 Å². The molecule has 4 rings (SSSR count). The second kappa shape index (κ2) is 11.9. The van der Waals surface area contributed by atoms with Crippen molar-refractivity contribution in [3.63, 3.8) is 0 Å². The number of aromatic nitrogens is 1. The van der Waals surface area contributed by atoms with Crippen LogP contribution < -0.4 is 24.4 Å². The molecule has 1 aromatic heterocycles. The van der Waals surface area contributed by atoms with Gasteiger partial charge in [0.1, 0.15) is 0 Å². The summed E-state index contributed by atoms with van der Waals surface area (Å²) in [6, 6.07) is 14.6. The van der Waals surface area contributed by atoms with Gasteiger partial charge in [-0.05, 0) is 49.6 Å². The first-order valence-corrected chi connectivity index (χ1v) is 13.0. The lowest BCUT2D eigenvalue weighted by Gasteiger charge is -2.21. The number of hydrogen-bond donors (Lipinski definition) is 0. The monoisotopic (exact) mass is 518 g/mol. The van der Waals surface area contributed by atoms with Crippen molar-refractivity contribution >= 4 is 29.5 Å². The molecule has 1 atom stereocenters. The van der Waals surface area contributed by atoms with Crippen LogP contribution in [0.2, 0.25) is 0 Å². The van der Waals surface area contributed by atoms with Crippen molar-refractivity contribution in [3.05, 3.63) is 96.7 Å². The van der Waals surface area contributed by atoms with E-state index in [1.54, 1.807) is 31.6 Å². The van der Waals surface area contributed by atoms with Crippen LogP contribution in [0.3, 0.4) is 0 Å². The van der Waals surface area contributed by atoms with E-state index in [0.29, 0.717) is 38.7 Å². The molecule has 0 N–H and O–H groups in total. The number of ether oxygens (including phenoxy) is 3. The fourth-order valence-corrected chi connectivity index (χ4v) is 5.09. The zero-order valence-corrected chi connectivity index (χ0v) is 22.2. The number of esters is 1. The van der Waals surface area contributed by atoms with Gasteiger partial charge in [0.05, 0.1) is 42.2 Å². The average Bonchev–Trinajstić information content (AvgIpc) is 3.20. The van der Waals surface area contributed by atoms with Crippen LogP contribution in [0.1, 0.15) is 44.4 Å². The van der Waals surface area contributed by atoms with E-state index in [4.69, 9.17) is 14.2 Å². The van der Waals surface area contributed by atoms with E-state index in [9.17, 15) is 9.59 Å². The molecular weight excluding hydrogens is 488 g/mol. The molecule has 7 nitrogen and oxygen atoms in total. The Bertz CT molecular complexity index is 1520. The van der Waals surface area contributed by atoms with Gasteiger partial charge in [0, 0.05) is 0 Å². The number of fused-ring (bicyclic) bond motifs is 1. The van der Waals surface area contributed by atoms with Gasteiger partial charge in [-0.2, -0.15) is 0 Å². The van der Waals surface area contributed by atoms with E-state index >= 15 is 0 Å². The summed E-state index contributed by atoms with van der Waals surface area (Å²) in [6.45, 7) is 6.39.